The molecule has 1 aromatic rings. The Hall–Kier alpha value is -0.930. The van der Waals surface area contributed by atoms with E-state index in [4.69, 9.17) is 10.5 Å². The van der Waals surface area contributed by atoms with Gasteiger partial charge in [-0.1, -0.05) is 12.1 Å². The minimum absolute atomic E-state index is 0.0419. The van der Waals surface area contributed by atoms with E-state index < -0.39 is 0 Å². The third kappa shape index (κ3) is 1.39. The summed E-state index contributed by atoms with van der Waals surface area (Å²) in [5.74, 6) is -0.137. The zero-order valence-corrected chi connectivity index (χ0v) is 10.1. The lowest BCUT2D eigenvalue weighted by atomic mass is 9.66. The van der Waals surface area contributed by atoms with Crippen molar-refractivity contribution in [2.24, 2.45) is 11.1 Å². The molecule has 0 spiro atoms. The molecule has 0 bridgehead atoms. The predicted molar refractivity (Wildman–Crippen MR) is 64.4 cm³/mol. The van der Waals surface area contributed by atoms with Gasteiger partial charge in [-0.2, -0.15) is 0 Å². The summed E-state index contributed by atoms with van der Waals surface area (Å²) in [6.07, 6.45) is 2.34. The van der Waals surface area contributed by atoms with Gasteiger partial charge in [0.25, 0.3) is 0 Å². The molecule has 3 heteroatoms. The average molecular weight is 235 g/mol. The first-order valence-electron chi connectivity index (χ1n) is 6.18. The summed E-state index contributed by atoms with van der Waals surface area (Å²) >= 11 is 0. The molecule has 92 valence electrons. The zero-order valence-electron chi connectivity index (χ0n) is 10.1. The molecule has 2 fully saturated rings. The van der Waals surface area contributed by atoms with Gasteiger partial charge in [0.1, 0.15) is 5.82 Å². The van der Waals surface area contributed by atoms with Crippen molar-refractivity contribution in [3.8, 4) is 0 Å². The molecule has 0 atom stereocenters. The fraction of sp³-hybridized carbons (Fsp3) is 0.571. The third-order valence-electron chi connectivity index (χ3n) is 4.67. The van der Waals surface area contributed by atoms with E-state index in [9.17, 15) is 4.39 Å². The Balaban J connectivity index is 2.03. The number of hydrogen-bond acceptors (Lipinski definition) is 2. The van der Waals surface area contributed by atoms with Crippen molar-refractivity contribution in [3.63, 3.8) is 0 Å². The highest BCUT2D eigenvalue weighted by Crippen LogP contribution is 2.61. The van der Waals surface area contributed by atoms with Gasteiger partial charge in [0.05, 0.1) is 13.2 Å². The maximum atomic E-state index is 13.3. The summed E-state index contributed by atoms with van der Waals surface area (Å²) in [5, 5.41) is 0. The van der Waals surface area contributed by atoms with Gasteiger partial charge in [-0.05, 0) is 48.9 Å². The Morgan fingerprint density at radius 3 is 2.47 bits per heavy atom. The summed E-state index contributed by atoms with van der Waals surface area (Å²) < 4.78 is 18.8. The van der Waals surface area contributed by atoms with Crippen LogP contribution in [0, 0.1) is 18.2 Å². The van der Waals surface area contributed by atoms with Crippen LogP contribution in [0.25, 0.3) is 0 Å². The van der Waals surface area contributed by atoms with Crippen molar-refractivity contribution in [3.05, 3.63) is 35.1 Å². The van der Waals surface area contributed by atoms with Crippen molar-refractivity contribution < 1.29 is 9.13 Å². The number of rotatable bonds is 3. The lowest BCUT2D eigenvalue weighted by Crippen LogP contribution is -2.56. The second-order valence-corrected chi connectivity index (χ2v) is 5.52. The molecule has 0 radical (unpaired) electrons. The van der Waals surface area contributed by atoms with Gasteiger partial charge < -0.3 is 10.5 Å². The molecule has 1 saturated heterocycles. The van der Waals surface area contributed by atoms with Crippen LogP contribution in [-0.2, 0) is 10.2 Å². The number of aryl methyl sites for hydroxylation is 1. The topological polar surface area (TPSA) is 35.2 Å². The molecule has 0 amide bonds. The van der Waals surface area contributed by atoms with Gasteiger partial charge in [0.2, 0.25) is 0 Å². The molecule has 1 saturated carbocycles. The number of hydrogen-bond donors (Lipinski definition) is 1. The normalized spacial score (nSPS) is 24.2. The molecule has 1 aromatic carbocycles. The van der Waals surface area contributed by atoms with Crippen molar-refractivity contribution >= 4 is 0 Å². The zero-order chi connectivity index (χ0) is 12.1. The first-order valence-corrected chi connectivity index (χ1v) is 6.18. The van der Waals surface area contributed by atoms with E-state index in [0.29, 0.717) is 12.1 Å². The first-order chi connectivity index (χ1) is 8.13. The van der Waals surface area contributed by atoms with Gasteiger partial charge in [-0.25, -0.2) is 4.39 Å². The van der Waals surface area contributed by atoms with Crippen LogP contribution >= 0.6 is 0 Å². The van der Waals surface area contributed by atoms with Gasteiger partial charge >= 0.3 is 0 Å². The Kier molecular flexibility index (Phi) is 2.32. The molecular formula is C14H18FNO. The lowest BCUT2D eigenvalue weighted by Gasteiger charge is -2.48. The van der Waals surface area contributed by atoms with Crippen LogP contribution in [0.2, 0.25) is 0 Å². The van der Waals surface area contributed by atoms with E-state index in [1.807, 2.05) is 19.1 Å². The van der Waals surface area contributed by atoms with E-state index in [2.05, 4.69) is 0 Å². The fourth-order valence-corrected chi connectivity index (χ4v) is 3.06. The molecule has 1 aliphatic heterocycles. The van der Waals surface area contributed by atoms with Crippen LogP contribution in [0.4, 0.5) is 4.39 Å². The summed E-state index contributed by atoms with van der Waals surface area (Å²) in [4.78, 5) is 0. The Morgan fingerprint density at radius 2 is 2.06 bits per heavy atom. The van der Waals surface area contributed by atoms with Crippen LogP contribution in [0.15, 0.2) is 18.2 Å². The van der Waals surface area contributed by atoms with Gasteiger partial charge in [-0.3, -0.25) is 0 Å². The number of nitrogens with two attached hydrogens (primary N) is 1. The number of benzene rings is 1. The van der Waals surface area contributed by atoms with Crippen LogP contribution in [0.5, 0.6) is 0 Å². The summed E-state index contributed by atoms with van der Waals surface area (Å²) in [6.45, 7) is 3.98. The highest BCUT2D eigenvalue weighted by molar-refractivity contribution is 5.37. The van der Waals surface area contributed by atoms with E-state index >= 15 is 0 Å². The third-order valence-corrected chi connectivity index (χ3v) is 4.67. The molecule has 17 heavy (non-hydrogen) atoms. The van der Waals surface area contributed by atoms with E-state index in [0.717, 1.165) is 13.2 Å². The average Bonchev–Trinajstić information content (AvgIpc) is 3.03. The standard InChI is InChI=1S/C14H18FNO/c1-10-6-11(2-3-12(10)15)14(8-17-9-14)13(7-16)4-5-13/h2-3,6H,4-5,7-9,16H2,1H3. The maximum Gasteiger partial charge on any atom is 0.126 e. The van der Waals surface area contributed by atoms with E-state index in [-0.39, 0.29) is 16.6 Å². The van der Waals surface area contributed by atoms with Crippen LogP contribution in [0.1, 0.15) is 24.0 Å². The number of halogens is 1. The van der Waals surface area contributed by atoms with Crippen molar-refractivity contribution in [2.75, 3.05) is 19.8 Å². The van der Waals surface area contributed by atoms with Crippen LogP contribution < -0.4 is 5.73 Å². The van der Waals surface area contributed by atoms with E-state index in [1.165, 1.54) is 18.4 Å². The SMILES string of the molecule is Cc1cc(C2(C3(CN)CC3)COC2)ccc1F. The molecule has 0 unspecified atom stereocenters. The van der Waals surface area contributed by atoms with Crippen molar-refractivity contribution in [1.29, 1.82) is 0 Å². The predicted octanol–water partition coefficient (Wildman–Crippen LogP) is 2.14. The molecule has 2 N–H and O–H groups in total. The molecule has 1 heterocycles. The summed E-state index contributed by atoms with van der Waals surface area (Å²) in [7, 11) is 0. The second-order valence-electron chi connectivity index (χ2n) is 5.52. The van der Waals surface area contributed by atoms with Crippen molar-refractivity contribution in [1.82, 2.24) is 0 Å². The van der Waals surface area contributed by atoms with Gasteiger partial charge in [0, 0.05) is 5.41 Å². The fourth-order valence-electron chi connectivity index (χ4n) is 3.06. The van der Waals surface area contributed by atoms with Gasteiger partial charge in [-0.15, -0.1) is 0 Å². The Labute approximate surface area is 101 Å². The molecule has 3 rings (SSSR count). The maximum absolute atomic E-state index is 13.3. The lowest BCUT2D eigenvalue weighted by molar-refractivity contribution is -0.0973. The summed E-state index contributed by atoms with van der Waals surface area (Å²) in [6, 6.07) is 5.44. The molecule has 0 aromatic heterocycles. The minimum Gasteiger partial charge on any atom is -0.379 e. The van der Waals surface area contributed by atoms with Crippen molar-refractivity contribution in [2.45, 2.75) is 25.2 Å². The Morgan fingerprint density at radius 1 is 1.35 bits per heavy atom. The molecule has 2 nitrogen and oxygen atoms in total. The molecular weight excluding hydrogens is 217 g/mol. The smallest absolute Gasteiger partial charge is 0.126 e. The second kappa shape index (κ2) is 3.53. The van der Waals surface area contributed by atoms with Gasteiger partial charge in [0.15, 0.2) is 0 Å². The minimum atomic E-state index is -0.137. The van der Waals surface area contributed by atoms with Crippen LogP contribution in [-0.4, -0.2) is 19.8 Å². The first kappa shape index (κ1) is 11.2. The largest absolute Gasteiger partial charge is 0.379 e. The Bertz CT molecular complexity index is 450. The summed E-state index contributed by atoms with van der Waals surface area (Å²) in [5.41, 5.74) is 8.10. The highest BCUT2D eigenvalue weighted by Gasteiger charge is 2.62. The van der Waals surface area contributed by atoms with E-state index in [1.54, 1.807) is 6.07 Å². The monoisotopic (exact) mass is 235 g/mol. The number of ether oxygens (including phenoxy) is 1. The quantitative estimate of drug-likeness (QED) is 0.871. The molecule has 2 aliphatic rings. The van der Waals surface area contributed by atoms with Crippen LogP contribution in [0.3, 0.4) is 0 Å². The molecule has 1 aliphatic carbocycles. The highest BCUT2D eigenvalue weighted by atomic mass is 19.1.